The lowest BCUT2D eigenvalue weighted by Gasteiger charge is -2.23. The van der Waals surface area contributed by atoms with Crippen LogP contribution < -0.4 is 5.32 Å². The number of rotatable bonds is 5. The molecule has 1 aromatic carbocycles. The molecule has 4 rings (SSSR count). The van der Waals surface area contributed by atoms with Crippen molar-refractivity contribution in [3.63, 3.8) is 0 Å². The van der Waals surface area contributed by atoms with Gasteiger partial charge in [0.25, 0.3) is 5.91 Å². The molecule has 0 saturated carbocycles. The molecule has 0 spiro atoms. The van der Waals surface area contributed by atoms with E-state index in [9.17, 15) is 4.79 Å². The summed E-state index contributed by atoms with van der Waals surface area (Å²) >= 11 is 1.58. The van der Waals surface area contributed by atoms with E-state index in [4.69, 9.17) is 0 Å². The third-order valence-electron chi connectivity index (χ3n) is 4.93. The van der Waals surface area contributed by atoms with Crippen LogP contribution in [0.3, 0.4) is 0 Å². The monoisotopic (exact) mass is 381 g/mol. The van der Waals surface area contributed by atoms with Crippen LogP contribution in [-0.4, -0.2) is 38.7 Å². The number of amides is 1. The molecule has 3 aromatic rings. The van der Waals surface area contributed by atoms with Crippen molar-refractivity contribution in [3.8, 4) is 5.69 Å². The summed E-state index contributed by atoms with van der Waals surface area (Å²) in [6, 6.07) is 9.88. The van der Waals surface area contributed by atoms with Crippen LogP contribution in [-0.2, 0) is 19.4 Å². The second-order valence-corrected chi connectivity index (χ2v) is 7.65. The molecule has 1 N–H and O–H groups in total. The van der Waals surface area contributed by atoms with E-state index in [1.165, 1.54) is 4.88 Å². The number of aromatic nitrogens is 3. The summed E-state index contributed by atoms with van der Waals surface area (Å²) in [4.78, 5) is 21.2. The molecule has 7 heteroatoms. The Labute approximate surface area is 162 Å². The van der Waals surface area contributed by atoms with Gasteiger partial charge < -0.3 is 0 Å². The first-order valence-electron chi connectivity index (χ1n) is 9.34. The lowest BCUT2D eigenvalue weighted by Crippen LogP contribution is -2.29. The lowest BCUT2D eigenvalue weighted by molar-refractivity contribution is 0.102. The van der Waals surface area contributed by atoms with Crippen LogP contribution in [0.4, 0.5) is 5.13 Å². The second-order valence-electron chi connectivity index (χ2n) is 6.57. The summed E-state index contributed by atoms with van der Waals surface area (Å²) in [5.41, 5.74) is 3.58. The standard InChI is InChI=1S/C20H23N5OS/c1-3-17-15(12-21-25(17)14-8-6-5-7-9-14)19(26)23-20-22-16-10-11-24(4-2)13-18(16)27-20/h5-9,12H,3-4,10-11,13H2,1-2H3,(H,22,23,26). The van der Waals surface area contributed by atoms with Crippen molar-refractivity contribution in [2.75, 3.05) is 18.4 Å². The lowest BCUT2D eigenvalue weighted by atomic mass is 10.2. The van der Waals surface area contributed by atoms with E-state index in [1.54, 1.807) is 17.5 Å². The molecule has 1 amide bonds. The van der Waals surface area contributed by atoms with Crippen LogP contribution in [0.15, 0.2) is 36.5 Å². The summed E-state index contributed by atoms with van der Waals surface area (Å²) in [6.07, 6.45) is 3.31. The molecule has 6 nitrogen and oxygen atoms in total. The zero-order chi connectivity index (χ0) is 18.8. The first-order valence-corrected chi connectivity index (χ1v) is 10.2. The zero-order valence-electron chi connectivity index (χ0n) is 15.6. The highest BCUT2D eigenvalue weighted by atomic mass is 32.1. The highest BCUT2D eigenvalue weighted by Crippen LogP contribution is 2.28. The molecule has 1 aliphatic heterocycles. The summed E-state index contributed by atoms with van der Waals surface area (Å²) in [6.45, 7) is 7.20. The maximum atomic E-state index is 12.9. The summed E-state index contributed by atoms with van der Waals surface area (Å²) < 4.78 is 1.83. The van der Waals surface area contributed by atoms with Gasteiger partial charge in [0.1, 0.15) is 0 Å². The summed E-state index contributed by atoms with van der Waals surface area (Å²) in [7, 11) is 0. The smallest absolute Gasteiger partial charge is 0.260 e. The molecular weight excluding hydrogens is 358 g/mol. The third kappa shape index (κ3) is 3.52. The Hall–Kier alpha value is -2.51. The SMILES string of the molecule is CCc1c(C(=O)Nc2nc3c(s2)CN(CC)CC3)cnn1-c1ccccc1. The molecule has 0 atom stereocenters. The van der Waals surface area contributed by atoms with Gasteiger partial charge in [0.05, 0.1) is 28.8 Å². The average molecular weight is 382 g/mol. The molecule has 1 aliphatic rings. The number of nitrogens with one attached hydrogen (secondary N) is 1. The van der Waals surface area contributed by atoms with E-state index in [1.807, 2.05) is 41.9 Å². The Morgan fingerprint density at radius 3 is 2.81 bits per heavy atom. The van der Waals surface area contributed by atoms with E-state index in [2.05, 4.69) is 27.2 Å². The fourth-order valence-electron chi connectivity index (χ4n) is 3.43. The van der Waals surface area contributed by atoms with Gasteiger partial charge >= 0.3 is 0 Å². The summed E-state index contributed by atoms with van der Waals surface area (Å²) in [5, 5.41) is 8.10. The molecule has 0 aliphatic carbocycles. The molecule has 2 aromatic heterocycles. The number of anilines is 1. The predicted molar refractivity (Wildman–Crippen MR) is 108 cm³/mol. The number of carbonyl (C=O) groups excluding carboxylic acids is 1. The van der Waals surface area contributed by atoms with Crippen molar-refractivity contribution in [2.45, 2.75) is 33.2 Å². The first-order chi connectivity index (χ1) is 13.2. The number of hydrogen-bond donors (Lipinski definition) is 1. The first kappa shape index (κ1) is 17.9. The molecule has 27 heavy (non-hydrogen) atoms. The number of nitrogens with zero attached hydrogens (tertiary/aromatic N) is 4. The minimum absolute atomic E-state index is 0.146. The number of fused-ring (bicyclic) bond motifs is 1. The second kappa shape index (κ2) is 7.62. The topological polar surface area (TPSA) is 63.1 Å². The highest BCUT2D eigenvalue weighted by molar-refractivity contribution is 7.15. The van der Waals surface area contributed by atoms with Crippen LogP contribution >= 0.6 is 11.3 Å². The number of likely N-dealkylation sites (N-methyl/N-ethyl adjacent to an activating group) is 1. The highest BCUT2D eigenvalue weighted by Gasteiger charge is 2.22. The van der Waals surface area contributed by atoms with Gasteiger partial charge in [-0.3, -0.25) is 15.0 Å². The van der Waals surface area contributed by atoms with Gasteiger partial charge in [-0.15, -0.1) is 11.3 Å². The van der Waals surface area contributed by atoms with Crippen molar-refractivity contribution >= 4 is 22.4 Å². The predicted octanol–water partition coefficient (Wildman–Crippen LogP) is 3.52. The van der Waals surface area contributed by atoms with Gasteiger partial charge in [-0.2, -0.15) is 5.10 Å². The van der Waals surface area contributed by atoms with Gasteiger partial charge in [-0.25, -0.2) is 9.67 Å². The molecule has 0 fully saturated rings. The number of hydrogen-bond acceptors (Lipinski definition) is 5. The zero-order valence-corrected chi connectivity index (χ0v) is 16.4. The Morgan fingerprint density at radius 1 is 1.26 bits per heavy atom. The Balaban J connectivity index is 1.56. The fourth-order valence-corrected chi connectivity index (χ4v) is 4.48. The van der Waals surface area contributed by atoms with Crippen molar-refractivity contribution in [3.05, 3.63) is 58.4 Å². The minimum Gasteiger partial charge on any atom is -0.298 e. The van der Waals surface area contributed by atoms with Gasteiger partial charge in [0.2, 0.25) is 0 Å². The largest absolute Gasteiger partial charge is 0.298 e. The van der Waals surface area contributed by atoms with Crippen LogP contribution in [0.2, 0.25) is 0 Å². The van der Waals surface area contributed by atoms with Gasteiger partial charge in [0.15, 0.2) is 5.13 Å². The third-order valence-corrected chi connectivity index (χ3v) is 5.92. The van der Waals surface area contributed by atoms with Crippen molar-refractivity contribution < 1.29 is 4.79 Å². The van der Waals surface area contributed by atoms with Gasteiger partial charge in [0, 0.05) is 24.4 Å². The molecule has 0 unspecified atom stereocenters. The number of carbonyl (C=O) groups is 1. The quantitative estimate of drug-likeness (QED) is 0.734. The van der Waals surface area contributed by atoms with Crippen molar-refractivity contribution in [1.29, 1.82) is 0 Å². The van der Waals surface area contributed by atoms with Gasteiger partial charge in [-0.1, -0.05) is 32.0 Å². The van der Waals surface area contributed by atoms with E-state index in [0.717, 1.165) is 49.6 Å². The Morgan fingerprint density at radius 2 is 2.07 bits per heavy atom. The maximum Gasteiger partial charge on any atom is 0.260 e. The number of para-hydroxylation sites is 1. The maximum absolute atomic E-state index is 12.9. The molecule has 0 bridgehead atoms. The molecule has 0 saturated heterocycles. The van der Waals surface area contributed by atoms with Crippen molar-refractivity contribution in [2.24, 2.45) is 0 Å². The van der Waals surface area contributed by atoms with Gasteiger partial charge in [-0.05, 0) is 25.1 Å². The molecule has 0 radical (unpaired) electrons. The fraction of sp³-hybridized carbons (Fsp3) is 0.350. The van der Waals surface area contributed by atoms with Crippen LogP contribution in [0.25, 0.3) is 5.69 Å². The Bertz CT molecular complexity index is 947. The number of thiazole rings is 1. The minimum atomic E-state index is -0.146. The molecule has 140 valence electrons. The summed E-state index contributed by atoms with van der Waals surface area (Å²) in [5.74, 6) is -0.146. The van der Waals surface area contributed by atoms with Crippen LogP contribution in [0, 0.1) is 0 Å². The number of benzene rings is 1. The normalized spacial score (nSPS) is 14.1. The van der Waals surface area contributed by atoms with E-state index in [-0.39, 0.29) is 5.91 Å². The van der Waals surface area contributed by atoms with E-state index in [0.29, 0.717) is 10.7 Å². The molecule has 3 heterocycles. The van der Waals surface area contributed by atoms with E-state index >= 15 is 0 Å². The average Bonchev–Trinajstić information content (AvgIpc) is 3.31. The Kier molecular flexibility index (Phi) is 5.05. The molecular formula is C20H23N5OS. The van der Waals surface area contributed by atoms with Crippen LogP contribution in [0.5, 0.6) is 0 Å². The van der Waals surface area contributed by atoms with Crippen molar-refractivity contribution in [1.82, 2.24) is 19.7 Å². The van der Waals surface area contributed by atoms with Crippen LogP contribution in [0.1, 0.15) is 40.5 Å². The van der Waals surface area contributed by atoms with E-state index < -0.39 is 0 Å².